The average Bonchev–Trinajstić information content (AvgIpc) is 3.00. The molecule has 7 nitrogen and oxygen atoms in total. The molecule has 0 bridgehead atoms. The lowest BCUT2D eigenvalue weighted by Gasteiger charge is -2.36. The van der Waals surface area contributed by atoms with E-state index < -0.39 is 0 Å². The fourth-order valence-corrected chi connectivity index (χ4v) is 3.25. The van der Waals surface area contributed by atoms with Crippen LogP contribution in [0.2, 0.25) is 5.02 Å². The van der Waals surface area contributed by atoms with Gasteiger partial charge in [0.25, 0.3) is 0 Å². The molecule has 0 saturated carbocycles. The summed E-state index contributed by atoms with van der Waals surface area (Å²) in [4.78, 5) is 9.57. The van der Waals surface area contributed by atoms with E-state index in [1.165, 1.54) is 5.56 Å². The third kappa shape index (κ3) is 6.05. The van der Waals surface area contributed by atoms with Crippen molar-refractivity contribution in [3.8, 4) is 0 Å². The standard InChI is InChI=1S/C19H28ClN7.HI/c1-4-21-19(22-13-18-24-23-15(2)25(18)3)27-11-9-26(10-12-27)14-16-5-7-17(20)8-6-16;/h5-8H,4,9-14H2,1-3H3,(H,21,22);1H. The molecule has 28 heavy (non-hydrogen) atoms. The van der Waals surface area contributed by atoms with Gasteiger partial charge in [-0.15, -0.1) is 34.2 Å². The molecule has 0 unspecified atom stereocenters. The Morgan fingerprint density at radius 2 is 1.82 bits per heavy atom. The lowest BCUT2D eigenvalue weighted by molar-refractivity contribution is 0.172. The molecule has 0 aliphatic carbocycles. The van der Waals surface area contributed by atoms with Crippen molar-refractivity contribution in [3.05, 3.63) is 46.5 Å². The Labute approximate surface area is 189 Å². The topological polar surface area (TPSA) is 61.6 Å². The van der Waals surface area contributed by atoms with Gasteiger partial charge in [-0.2, -0.15) is 0 Å². The highest BCUT2D eigenvalue weighted by Gasteiger charge is 2.20. The second-order valence-electron chi connectivity index (χ2n) is 6.78. The minimum absolute atomic E-state index is 0. The van der Waals surface area contributed by atoms with Crippen LogP contribution in [0.3, 0.4) is 0 Å². The summed E-state index contributed by atoms with van der Waals surface area (Å²) in [7, 11) is 1.97. The summed E-state index contributed by atoms with van der Waals surface area (Å²) < 4.78 is 1.98. The lowest BCUT2D eigenvalue weighted by atomic mass is 10.2. The summed E-state index contributed by atoms with van der Waals surface area (Å²) >= 11 is 5.97. The Morgan fingerprint density at radius 3 is 2.39 bits per heavy atom. The van der Waals surface area contributed by atoms with Crippen LogP contribution < -0.4 is 5.32 Å². The molecule has 1 aromatic heterocycles. The zero-order chi connectivity index (χ0) is 19.2. The third-order valence-corrected chi connectivity index (χ3v) is 5.13. The van der Waals surface area contributed by atoms with Gasteiger partial charge in [0.15, 0.2) is 11.8 Å². The van der Waals surface area contributed by atoms with Crippen LogP contribution in [0.1, 0.15) is 24.1 Å². The number of guanidine groups is 1. The van der Waals surface area contributed by atoms with Gasteiger partial charge in [-0.1, -0.05) is 23.7 Å². The second kappa shape index (κ2) is 11.0. The molecule has 2 heterocycles. The van der Waals surface area contributed by atoms with E-state index in [1.807, 2.05) is 30.7 Å². The van der Waals surface area contributed by atoms with E-state index in [2.05, 4.69) is 44.4 Å². The highest BCUT2D eigenvalue weighted by molar-refractivity contribution is 14.0. The first kappa shape index (κ1) is 22.9. The summed E-state index contributed by atoms with van der Waals surface area (Å²) in [6.07, 6.45) is 0. The first-order chi connectivity index (χ1) is 13.1. The highest BCUT2D eigenvalue weighted by Crippen LogP contribution is 2.13. The van der Waals surface area contributed by atoms with Gasteiger partial charge < -0.3 is 14.8 Å². The number of hydrogen-bond donors (Lipinski definition) is 1. The number of aliphatic imine (C=N–C) groups is 1. The maximum Gasteiger partial charge on any atom is 0.194 e. The molecule has 0 radical (unpaired) electrons. The Kier molecular flexibility index (Phi) is 8.97. The molecule has 0 amide bonds. The van der Waals surface area contributed by atoms with Gasteiger partial charge in [0.1, 0.15) is 12.4 Å². The summed E-state index contributed by atoms with van der Waals surface area (Å²) in [6.45, 7) is 10.3. The van der Waals surface area contributed by atoms with Crippen molar-refractivity contribution >= 4 is 41.5 Å². The smallest absolute Gasteiger partial charge is 0.194 e. The van der Waals surface area contributed by atoms with Crippen LogP contribution in [0.4, 0.5) is 0 Å². The Morgan fingerprint density at radius 1 is 1.14 bits per heavy atom. The Bertz CT molecular complexity index is 767. The lowest BCUT2D eigenvalue weighted by Crippen LogP contribution is -2.52. The van der Waals surface area contributed by atoms with Gasteiger partial charge in [-0.05, 0) is 31.5 Å². The van der Waals surface area contributed by atoms with Crippen molar-refractivity contribution in [2.75, 3.05) is 32.7 Å². The van der Waals surface area contributed by atoms with Crippen molar-refractivity contribution in [1.82, 2.24) is 29.9 Å². The molecule has 3 rings (SSSR count). The van der Waals surface area contributed by atoms with Crippen molar-refractivity contribution in [1.29, 1.82) is 0 Å². The monoisotopic (exact) mass is 517 g/mol. The van der Waals surface area contributed by atoms with Crippen LogP contribution in [0.5, 0.6) is 0 Å². The number of nitrogens with one attached hydrogen (secondary N) is 1. The van der Waals surface area contributed by atoms with Gasteiger partial charge in [0, 0.05) is 51.3 Å². The number of rotatable bonds is 5. The molecule has 1 N–H and O–H groups in total. The SMILES string of the molecule is CCNC(=NCc1nnc(C)n1C)N1CCN(Cc2ccc(Cl)cc2)CC1.I. The summed E-state index contributed by atoms with van der Waals surface area (Å²) in [5.41, 5.74) is 1.30. The predicted octanol–water partition coefficient (Wildman–Crippen LogP) is 2.68. The van der Waals surface area contributed by atoms with Crippen molar-refractivity contribution in [3.63, 3.8) is 0 Å². The molecule has 1 saturated heterocycles. The van der Waals surface area contributed by atoms with Crippen LogP contribution >= 0.6 is 35.6 Å². The number of piperazine rings is 1. The minimum atomic E-state index is 0. The van der Waals surface area contributed by atoms with Gasteiger partial charge in [0.2, 0.25) is 0 Å². The molecular formula is C19H29ClIN7. The Balaban J connectivity index is 0.00000280. The summed E-state index contributed by atoms with van der Waals surface area (Å²) in [5.74, 6) is 2.73. The molecule has 154 valence electrons. The van der Waals surface area contributed by atoms with E-state index in [4.69, 9.17) is 16.6 Å². The van der Waals surface area contributed by atoms with Crippen LogP contribution in [0.25, 0.3) is 0 Å². The van der Waals surface area contributed by atoms with E-state index >= 15 is 0 Å². The van der Waals surface area contributed by atoms with Crippen LogP contribution in [-0.4, -0.2) is 63.2 Å². The zero-order valence-electron chi connectivity index (χ0n) is 16.7. The highest BCUT2D eigenvalue weighted by atomic mass is 127. The molecule has 2 aromatic rings. The molecule has 9 heteroatoms. The normalized spacial score (nSPS) is 15.4. The number of aromatic nitrogens is 3. The molecule has 1 aliphatic heterocycles. The van der Waals surface area contributed by atoms with Crippen LogP contribution in [-0.2, 0) is 20.1 Å². The fourth-order valence-electron chi connectivity index (χ4n) is 3.13. The van der Waals surface area contributed by atoms with Gasteiger partial charge in [-0.25, -0.2) is 4.99 Å². The fraction of sp³-hybridized carbons (Fsp3) is 0.526. The second-order valence-corrected chi connectivity index (χ2v) is 7.22. The number of halogens is 2. The molecular weight excluding hydrogens is 489 g/mol. The largest absolute Gasteiger partial charge is 0.357 e. The van der Waals surface area contributed by atoms with E-state index in [0.717, 1.165) is 61.9 Å². The van der Waals surface area contributed by atoms with E-state index in [1.54, 1.807) is 0 Å². The van der Waals surface area contributed by atoms with Crippen LogP contribution in [0, 0.1) is 6.92 Å². The van der Waals surface area contributed by atoms with Crippen molar-refractivity contribution in [2.24, 2.45) is 12.0 Å². The van der Waals surface area contributed by atoms with Crippen molar-refractivity contribution in [2.45, 2.75) is 26.9 Å². The molecule has 0 spiro atoms. The number of hydrogen-bond acceptors (Lipinski definition) is 4. The molecule has 1 aliphatic rings. The van der Waals surface area contributed by atoms with E-state index in [-0.39, 0.29) is 24.0 Å². The summed E-state index contributed by atoms with van der Waals surface area (Å²) in [5, 5.41) is 12.5. The van der Waals surface area contributed by atoms with Gasteiger partial charge in [-0.3, -0.25) is 4.90 Å². The predicted molar refractivity (Wildman–Crippen MR) is 124 cm³/mol. The summed E-state index contributed by atoms with van der Waals surface area (Å²) in [6, 6.07) is 8.11. The third-order valence-electron chi connectivity index (χ3n) is 4.88. The van der Waals surface area contributed by atoms with E-state index in [0.29, 0.717) is 6.54 Å². The van der Waals surface area contributed by atoms with E-state index in [9.17, 15) is 0 Å². The number of aryl methyl sites for hydroxylation is 1. The quantitative estimate of drug-likeness (QED) is 0.375. The first-order valence-electron chi connectivity index (χ1n) is 9.41. The maximum absolute atomic E-state index is 5.97. The number of benzene rings is 1. The maximum atomic E-state index is 5.97. The molecule has 1 fully saturated rings. The molecule has 1 aromatic carbocycles. The average molecular weight is 518 g/mol. The molecule has 0 atom stereocenters. The van der Waals surface area contributed by atoms with Crippen molar-refractivity contribution < 1.29 is 0 Å². The first-order valence-corrected chi connectivity index (χ1v) is 9.79. The van der Waals surface area contributed by atoms with Gasteiger partial charge in [0.05, 0.1) is 0 Å². The van der Waals surface area contributed by atoms with Gasteiger partial charge >= 0.3 is 0 Å². The van der Waals surface area contributed by atoms with Crippen LogP contribution in [0.15, 0.2) is 29.3 Å². The minimum Gasteiger partial charge on any atom is -0.357 e. The number of nitrogens with zero attached hydrogens (tertiary/aromatic N) is 6. The zero-order valence-corrected chi connectivity index (χ0v) is 19.8. The Hall–Kier alpha value is -1.39.